The molecule has 2 aromatic heterocycles. The summed E-state index contributed by atoms with van der Waals surface area (Å²) in [6.45, 7) is 4.17. The van der Waals surface area contributed by atoms with Crippen molar-refractivity contribution >= 4 is 22.7 Å². The Morgan fingerprint density at radius 2 is 1.93 bits per heavy atom. The highest BCUT2D eigenvalue weighted by atomic mass is 32.1. The number of rotatable bonds is 3. The van der Waals surface area contributed by atoms with Gasteiger partial charge in [-0.15, -0.1) is 22.7 Å². The van der Waals surface area contributed by atoms with Gasteiger partial charge in [-0.1, -0.05) is 6.92 Å². The maximum absolute atomic E-state index is 4.52. The standard InChI is InChI=1S/C10H12N2S2/c1-3-8-5-14-10(12-8)4-9-6-13-7(2)11-9/h5-6H,3-4H2,1-2H3. The van der Waals surface area contributed by atoms with E-state index in [1.54, 1.807) is 22.7 Å². The van der Waals surface area contributed by atoms with Crippen LogP contribution in [0.3, 0.4) is 0 Å². The zero-order valence-corrected chi connectivity index (χ0v) is 9.91. The van der Waals surface area contributed by atoms with Crippen molar-refractivity contribution in [1.82, 2.24) is 9.97 Å². The van der Waals surface area contributed by atoms with E-state index < -0.39 is 0 Å². The van der Waals surface area contributed by atoms with Crippen LogP contribution in [0, 0.1) is 6.92 Å². The molecule has 0 aliphatic rings. The fourth-order valence-corrected chi connectivity index (χ4v) is 2.74. The molecule has 74 valence electrons. The van der Waals surface area contributed by atoms with Crippen molar-refractivity contribution in [2.24, 2.45) is 0 Å². The lowest BCUT2D eigenvalue weighted by atomic mass is 10.3. The number of nitrogens with zero attached hydrogens (tertiary/aromatic N) is 2. The molecule has 0 aliphatic carbocycles. The minimum atomic E-state index is 0.884. The largest absolute Gasteiger partial charge is 0.246 e. The Bertz CT molecular complexity index is 417. The predicted octanol–water partition coefficient (Wildman–Crippen LogP) is 3.06. The zero-order valence-electron chi connectivity index (χ0n) is 8.28. The maximum atomic E-state index is 4.52. The van der Waals surface area contributed by atoms with Crippen LogP contribution < -0.4 is 0 Å². The van der Waals surface area contributed by atoms with Crippen LogP contribution in [0.2, 0.25) is 0 Å². The minimum Gasteiger partial charge on any atom is -0.246 e. The summed E-state index contributed by atoms with van der Waals surface area (Å²) in [5, 5.41) is 6.55. The third-order valence-electron chi connectivity index (χ3n) is 1.96. The molecule has 0 unspecified atom stereocenters. The van der Waals surface area contributed by atoms with Gasteiger partial charge in [0, 0.05) is 17.2 Å². The van der Waals surface area contributed by atoms with Gasteiger partial charge in [-0.3, -0.25) is 0 Å². The Morgan fingerprint density at radius 3 is 2.50 bits per heavy atom. The molecule has 14 heavy (non-hydrogen) atoms. The first-order chi connectivity index (χ1) is 6.78. The highest BCUT2D eigenvalue weighted by Crippen LogP contribution is 2.16. The smallest absolute Gasteiger partial charge is 0.0988 e. The predicted molar refractivity (Wildman–Crippen MR) is 61.1 cm³/mol. The normalized spacial score (nSPS) is 10.7. The van der Waals surface area contributed by atoms with Gasteiger partial charge in [-0.25, -0.2) is 9.97 Å². The SMILES string of the molecule is CCc1csc(Cc2csc(C)n2)n1. The van der Waals surface area contributed by atoms with Crippen LogP contribution in [-0.4, -0.2) is 9.97 Å². The molecule has 0 aliphatic heterocycles. The molecule has 2 aromatic rings. The van der Waals surface area contributed by atoms with Crippen molar-refractivity contribution in [1.29, 1.82) is 0 Å². The molecule has 0 aromatic carbocycles. The van der Waals surface area contributed by atoms with E-state index in [0.29, 0.717) is 0 Å². The fourth-order valence-electron chi connectivity index (χ4n) is 1.24. The summed E-state index contributed by atoms with van der Waals surface area (Å²) < 4.78 is 0. The van der Waals surface area contributed by atoms with Gasteiger partial charge in [0.2, 0.25) is 0 Å². The molecule has 0 N–H and O–H groups in total. The van der Waals surface area contributed by atoms with Crippen molar-refractivity contribution < 1.29 is 0 Å². The number of aromatic nitrogens is 2. The average molecular weight is 224 g/mol. The first-order valence-corrected chi connectivity index (χ1v) is 6.38. The van der Waals surface area contributed by atoms with Gasteiger partial charge in [0.25, 0.3) is 0 Å². The van der Waals surface area contributed by atoms with Crippen LogP contribution in [0.4, 0.5) is 0 Å². The number of aryl methyl sites for hydroxylation is 2. The van der Waals surface area contributed by atoms with E-state index in [4.69, 9.17) is 0 Å². The van der Waals surface area contributed by atoms with Gasteiger partial charge in [0.05, 0.1) is 21.4 Å². The summed E-state index contributed by atoms with van der Waals surface area (Å²) in [7, 11) is 0. The zero-order chi connectivity index (χ0) is 9.97. The van der Waals surface area contributed by atoms with E-state index >= 15 is 0 Å². The molecule has 0 bridgehead atoms. The van der Waals surface area contributed by atoms with Crippen molar-refractivity contribution in [2.45, 2.75) is 26.7 Å². The van der Waals surface area contributed by atoms with E-state index in [-0.39, 0.29) is 0 Å². The Labute approximate surface area is 91.7 Å². The molecular formula is C10H12N2S2. The Hall–Kier alpha value is -0.740. The van der Waals surface area contributed by atoms with Gasteiger partial charge in [-0.05, 0) is 13.3 Å². The molecule has 0 atom stereocenters. The van der Waals surface area contributed by atoms with E-state index in [9.17, 15) is 0 Å². The van der Waals surface area contributed by atoms with Crippen LogP contribution in [0.1, 0.15) is 28.3 Å². The number of hydrogen-bond donors (Lipinski definition) is 0. The summed E-state index contributed by atoms with van der Waals surface area (Å²) in [4.78, 5) is 8.94. The van der Waals surface area contributed by atoms with Gasteiger partial charge < -0.3 is 0 Å². The molecule has 0 fully saturated rings. The van der Waals surface area contributed by atoms with Crippen molar-refractivity contribution in [2.75, 3.05) is 0 Å². The quantitative estimate of drug-likeness (QED) is 0.800. The second kappa shape index (κ2) is 4.19. The van der Waals surface area contributed by atoms with E-state index in [1.165, 1.54) is 10.7 Å². The van der Waals surface area contributed by atoms with Crippen LogP contribution >= 0.6 is 22.7 Å². The number of hydrogen-bond acceptors (Lipinski definition) is 4. The van der Waals surface area contributed by atoms with E-state index in [0.717, 1.165) is 23.5 Å². The molecule has 0 saturated carbocycles. The molecule has 2 nitrogen and oxygen atoms in total. The highest BCUT2D eigenvalue weighted by Gasteiger charge is 2.04. The minimum absolute atomic E-state index is 0.884. The molecule has 0 radical (unpaired) electrons. The van der Waals surface area contributed by atoms with Crippen LogP contribution in [0.15, 0.2) is 10.8 Å². The summed E-state index contributed by atoms with van der Waals surface area (Å²) in [5.41, 5.74) is 2.33. The molecule has 2 heterocycles. The first kappa shape index (κ1) is 9.80. The third-order valence-corrected chi connectivity index (χ3v) is 3.68. The molecule has 0 saturated heterocycles. The van der Waals surface area contributed by atoms with E-state index in [2.05, 4.69) is 27.7 Å². The summed E-state index contributed by atoms with van der Waals surface area (Å²) >= 11 is 3.43. The van der Waals surface area contributed by atoms with Gasteiger partial charge in [0.15, 0.2) is 0 Å². The van der Waals surface area contributed by atoms with Crippen molar-refractivity contribution in [3.63, 3.8) is 0 Å². The van der Waals surface area contributed by atoms with Gasteiger partial charge >= 0.3 is 0 Å². The summed E-state index contributed by atoms with van der Waals surface area (Å²) in [6.07, 6.45) is 1.90. The lowest BCUT2D eigenvalue weighted by Gasteiger charge is -1.90. The summed E-state index contributed by atoms with van der Waals surface area (Å²) in [6, 6.07) is 0. The summed E-state index contributed by atoms with van der Waals surface area (Å²) in [5.74, 6) is 0. The highest BCUT2D eigenvalue weighted by molar-refractivity contribution is 7.10. The second-order valence-corrected chi connectivity index (χ2v) is 5.13. The van der Waals surface area contributed by atoms with Crippen LogP contribution in [-0.2, 0) is 12.8 Å². The molecule has 4 heteroatoms. The third kappa shape index (κ3) is 2.19. The molecule has 0 spiro atoms. The molecular weight excluding hydrogens is 212 g/mol. The number of thiazole rings is 2. The average Bonchev–Trinajstić information content (AvgIpc) is 2.76. The Balaban J connectivity index is 2.10. The first-order valence-electron chi connectivity index (χ1n) is 4.62. The lowest BCUT2D eigenvalue weighted by Crippen LogP contribution is -1.88. The van der Waals surface area contributed by atoms with Crippen LogP contribution in [0.5, 0.6) is 0 Å². The van der Waals surface area contributed by atoms with E-state index in [1.807, 2.05) is 6.92 Å². The second-order valence-electron chi connectivity index (χ2n) is 3.12. The van der Waals surface area contributed by atoms with Gasteiger partial charge in [-0.2, -0.15) is 0 Å². The fraction of sp³-hybridized carbons (Fsp3) is 0.400. The maximum Gasteiger partial charge on any atom is 0.0988 e. The molecule has 0 amide bonds. The monoisotopic (exact) mass is 224 g/mol. The Kier molecular flexibility index (Phi) is 2.93. The van der Waals surface area contributed by atoms with Crippen molar-refractivity contribution in [3.8, 4) is 0 Å². The lowest BCUT2D eigenvalue weighted by molar-refractivity contribution is 0.998. The topological polar surface area (TPSA) is 25.8 Å². The van der Waals surface area contributed by atoms with Crippen molar-refractivity contribution in [3.05, 3.63) is 32.2 Å². The Morgan fingerprint density at radius 1 is 1.14 bits per heavy atom. The van der Waals surface area contributed by atoms with Gasteiger partial charge in [0.1, 0.15) is 0 Å². The van der Waals surface area contributed by atoms with Crippen LogP contribution in [0.25, 0.3) is 0 Å². The molecule has 2 rings (SSSR count).